The third-order valence-corrected chi connectivity index (χ3v) is 5.44. The molecule has 1 aromatic carbocycles. The lowest BCUT2D eigenvalue weighted by atomic mass is 9.93. The van der Waals surface area contributed by atoms with E-state index < -0.39 is 0 Å². The highest BCUT2D eigenvalue weighted by Gasteiger charge is 2.22. The van der Waals surface area contributed by atoms with E-state index in [1.54, 1.807) is 18.7 Å². The fraction of sp³-hybridized carbons (Fsp3) is 0.600. The third kappa shape index (κ3) is 4.01. The van der Waals surface area contributed by atoms with Gasteiger partial charge in [0.25, 0.3) is 0 Å². The molecular weight excluding hydrogens is 328 g/mol. The van der Waals surface area contributed by atoms with Gasteiger partial charge >= 0.3 is 5.69 Å². The first-order chi connectivity index (χ1) is 12.5. The van der Waals surface area contributed by atoms with E-state index >= 15 is 0 Å². The summed E-state index contributed by atoms with van der Waals surface area (Å²) in [5.74, 6) is 2.49. The highest BCUT2D eigenvalue weighted by Crippen LogP contribution is 2.24. The molecule has 1 fully saturated rings. The molecule has 0 radical (unpaired) electrons. The molecule has 0 unspecified atom stereocenters. The Bertz CT molecular complexity index is 801. The lowest BCUT2D eigenvalue weighted by molar-refractivity contribution is 0.175. The molecule has 2 aromatic rings. The van der Waals surface area contributed by atoms with Crippen LogP contribution in [0.1, 0.15) is 36.7 Å². The Morgan fingerprint density at radius 1 is 1.27 bits per heavy atom. The summed E-state index contributed by atoms with van der Waals surface area (Å²) >= 11 is 0. The van der Waals surface area contributed by atoms with Gasteiger partial charge in [-0.1, -0.05) is 12.1 Å². The first-order valence-electron chi connectivity index (χ1n) is 9.50. The maximum Gasteiger partial charge on any atom is 0.345 e. The molecule has 1 saturated heterocycles. The van der Waals surface area contributed by atoms with Crippen LogP contribution in [0.4, 0.5) is 0 Å². The number of methoxy groups -OCH3 is 1. The number of piperidine rings is 1. The monoisotopic (exact) mass is 358 g/mol. The summed E-state index contributed by atoms with van der Waals surface area (Å²) in [6, 6.07) is 6.44. The van der Waals surface area contributed by atoms with Crippen molar-refractivity contribution in [3.63, 3.8) is 0 Å². The highest BCUT2D eigenvalue weighted by atomic mass is 16.5. The number of rotatable bonds is 6. The number of hydrogen-bond donors (Lipinski definition) is 0. The average molecular weight is 358 g/mol. The molecule has 26 heavy (non-hydrogen) atoms. The van der Waals surface area contributed by atoms with Crippen LogP contribution in [0.25, 0.3) is 0 Å². The van der Waals surface area contributed by atoms with E-state index in [0.717, 1.165) is 50.5 Å². The van der Waals surface area contributed by atoms with Gasteiger partial charge in [0.05, 0.1) is 7.11 Å². The van der Waals surface area contributed by atoms with Gasteiger partial charge in [-0.05, 0) is 62.9 Å². The number of aromatic nitrogens is 3. The van der Waals surface area contributed by atoms with Gasteiger partial charge in [-0.2, -0.15) is 5.10 Å². The van der Waals surface area contributed by atoms with Crippen molar-refractivity contribution in [2.24, 2.45) is 13.0 Å². The van der Waals surface area contributed by atoms with E-state index in [4.69, 9.17) is 4.74 Å². The molecule has 0 amide bonds. The zero-order valence-corrected chi connectivity index (χ0v) is 16.4. The van der Waals surface area contributed by atoms with E-state index in [0.29, 0.717) is 12.5 Å². The van der Waals surface area contributed by atoms with Crippen molar-refractivity contribution in [1.29, 1.82) is 0 Å². The molecule has 0 bridgehead atoms. The molecule has 0 spiro atoms. The van der Waals surface area contributed by atoms with Crippen molar-refractivity contribution in [1.82, 2.24) is 19.2 Å². The Kier molecular flexibility index (Phi) is 5.81. The first kappa shape index (κ1) is 18.7. The predicted molar refractivity (Wildman–Crippen MR) is 103 cm³/mol. The highest BCUT2D eigenvalue weighted by molar-refractivity contribution is 5.36. The number of aryl methyl sites for hydroxylation is 2. The molecule has 142 valence electrons. The van der Waals surface area contributed by atoms with Gasteiger partial charge in [0, 0.05) is 26.6 Å². The zero-order valence-electron chi connectivity index (χ0n) is 16.4. The fourth-order valence-corrected chi connectivity index (χ4v) is 3.93. The summed E-state index contributed by atoms with van der Waals surface area (Å²) in [6.45, 7) is 7.97. The second-order valence-corrected chi connectivity index (χ2v) is 7.29. The molecule has 1 aliphatic heterocycles. The van der Waals surface area contributed by atoms with Crippen LogP contribution in [0, 0.1) is 12.8 Å². The lowest BCUT2D eigenvalue weighted by Crippen LogP contribution is -2.34. The minimum atomic E-state index is -0.00480. The minimum absolute atomic E-state index is 0.00480. The van der Waals surface area contributed by atoms with Gasteiger partial charge in [0.2, 0.25) is 0 Å². The van der Waals surface area contributed by atoms with Gasteiger partial charge in [0.15, 0.2) is 0 Å². The maximum atomic E-state index is 12.0. The Labute approximate surface area is 155 Å². The molecule has 3 rings (SSSR count). The average Bonchev–Trinajstić information content (AvgIpc) is 2.90. The first-order valence-corrected chi connectivity index (χ1v) is 9.50. The SMILES string of the molecule is CCn1c(CC2CCN(Cc3ccc(OC)c(C)c3)CC2)nn(C)c1=O. The summed E-state index contributed by atoms with van der Waals surface area (Å²) in [4.78, 5) is 14.6. The fourth-order valence-electron chi connectivity index (χ4n) is 3.93. The molecule has 6 heteroatoms. The van der Waals surface area contributed by atoms with Crippen LogP contribution in [0.15, 0.2) is 23.0 Å². The molecule has 0 atom stereocenters. The van der Waals surface area contributed by atoms with Crippen molar-refractivity contribution in [2.45, 2.75) is 46.2 Å². The Hall–Kier alpha value is -2.08. The largest absolute Gasteiger partial charge is 0.496 e. The molecule has 6 nitrogen and oxygen atoms in total. The number of benzene rings is 1. The van der Waals surface area contributed by atoms with Crippen LogP contribution in [-0.4, -0.2) is 39.4 Å². The van der Waals surface area contributed by atoms with Crippen molar-refractivity contribution in [2.75, 3.05) is 20.2 Å². The maximum absolute atomic E-state index is 12.0. The predicted octanol–water partition coefficient (Wildman–Crippen LogP) is 2.37. The van der Waals surface area contributed by atoms with Crippen LogP contribution >= 0.6 is 0 Å². The van der Waals surface area contributed by atoms with Crippen LogP contribution in [0.2, 0.25) is 0 Å². The molecule has 1 aliphatic rings. The van der Waals surface area contributed by atoms with Gasteiger partial charge < -0.3 is 4.74 Å². The normalized spacial score (nSPS) is 16.2. The van der Waals surface area contributed by atoms with Crippen molar-refractivity contribution in [3.05, 3.63) is 45.6 Å². The smallest absolute Gasteiger partial charge is 0.345 e. The van der Waals surface area contributed by atoms with Gasteiger partial charge in [-0.25, -0.2) is 9.48 Å². The molecule has 2 heterocycles. The van der Waals surface area contributed by atoms with Gasteiger partial charge in [0.1, 0.15) is 11.6 Å². The Balaban J connectivity index is 1.55. The lowest BCUT2D eigenvalue weighted by Gasteiger charge is -2.32. The number of ether oxygens (including phenoxy) is 1. The summed E-state index contributed by atoms with van der Waals surface area (Å²) in [5, 5.41) is 4.43. The van der Waals surface area contributed by atoms with E-state index in [9.17, 15) is 4.79 Å². The number of nitrogens with zero attached hydrogens (tertiary/aromatic N) is 4. The second-order valence-electron chi connectivity index (χ2n) is 7.29. The van der Waals surface area contributed by atoms with Crippen molar-refractivity contribution < 1.29 is 4.74 Å². The van der Waals surface area contributed by atoms with Crippen LogP contribution < -0.4 is 10.4 Å². The molecular formula is C20H30N4O2. The number of likely N-dealkylation sites (tertiary alicyclic amines) is 1. The second kappa shape index (κ2) is 8.08. The quantitative estimate of drug-likeness (QED) is 0.796. The van der Waals surface area contributed by atoms with Crippen molar-refractivity contribution >= 4 is 0 Å². The van der Waals surface area contributed by atoms with E-state index in [-0.39, 0.29) is 5.69 Å². The molecule has 0 aliphatic carbocycles. The van der Waals surface area contributed by atoms with Crippen molar-refractivity contribution in [3.8, 4) is 5.75 Å². The van der Waals surface area contributed by atoms with Crippen LogP contribution in [0.5, 0.6) is 5.75 Å². The minimum Gasteiger partial charge on any atom is -0.496 e. The Morgan fingerprint density at radius 3 is 2.62 bits per heavy atom. The molecule has 0 saturated carbocycles. The van der Waals surface area contributed by atoms with Crippen LogP contribution in [-0.2, 0) is 26.6 Å². The summed E-state index contributed by atoms with van der Waals surface area (Å²) in [7, 11) is 3.45. The number of hydrogen-bond acceptors (Lipinski definition) is 4. The Morgan fingerprint density at radius 2 is 2.00 bits per heavy atom. The standard InChI is InChI=1S/C20H30N4O2/c1-5-24-19(21-22(3)20(24)25)13-16-8-10-23(11-9-16)14-17-6-7-18(26-4)15(2)12-17/h6-7,12,16H,5,8-11,13-14H2,1-4H3. The third-order valence-electron chi connectivity index (χ3n) is 5.44. The van der Waals surface area contributed by atoms with Gasteiger partial charge in [-0.15, -0.1) is 0 Å². The molecule has 1 aromatic heterocycles. The van der Waals surface area contributed by atoms with E-state index in [2.05, 4.69) is 35.1 Å². The summed E-state index contributed by atoms with van der Waals surface area (Å²) in [5.41, 5.74) is 2.52. The topological polar surface area (TPSA) is 52.3 Å². The van der Waals surface area contributed by atoms with E-state index in [1.165, 1.54) is 15.8 Å². The summed E-state index contributed by atoms with van der Waals surface area (Å²) in [6.07, 6.45) is 3.21. The zero-order chi connectivity index (χ0) is 18.7. The molecule has 0 N–H and O–H groups in total. The van der Waals surface area contributed by atoms with Crippen LogP contribution in [0.3, 0.4) is 0 Å². The summed E-state index contributed by atoms with van der Waals surface area (Å²) < 4.78 is 8.60. The van der Waals surface area contributed by atoms with Gasteiger partial charge in [-0.3, -0.25) is 9.47 Å². The van der Waals surface area contributed by atoms with E-state index in [1.807, 2.05) is 6.92 Å².